The van der Waals surface area contributed by atoms with Crippen molar-refractivity contribution < 1.29 is 29.3 Å². The molecule has 162 valence electrons. The lowest BCUT2D eigenvalue weighted by molar-refractivity contribution is -0.166. The number of hydrogen-bond donors (Lipinski definition) is 2. The molecule has 1 aromatic rings. The van der Waals surface area contributed by atoms with Gasteiger partial charge >= 0.3 is 0 Å². The first-order valence-electron chi connectivity index (χ1n) is 9.10. The van der Waals surface area contributed by atoms with E-state index < -0.39 is 33.5 Å². The minimum atomic E-state index is -1.97. The van der Waals surface area contributed by atoms with Crippen LogP contribution in [0.3, 0.4) is 0 Å². The average Bonchev–Trinajstić information content (AvgIpc) is 3.06. The van der Waals surface area contributed by atoms with Crippen LogP contribution in [0, 0.1) is 0 Å². The lowest BCUT2D eigenvalue weighted by Crippen LogP contribution is -2.77. The number of aliphatic hydroxyl groups is 2. The van der Waals surface area contributed by atoms with Crippen molar-refractivity contribution in [2.75, 3.05) is 33.2 Å². The number of aliphatic hydroxyl groups excluding tert-OH is 1. The predicted octanol–water partition coefficient (Wildman–Crippen LogP) is 0.803. The molecule has 30 heavy (non-hydrogen) atoms. The highest BCUT2D eigenvalue weighted by molar-refractivity contribution is 8.78. The number of anilines is 1. The largest absolute Gasteiger partial charge is 0.491 e. The summed E-state index contributed by atoms with van der Waals surface area (Å²) in [5, 5.41) is 23.6. The number of carbonyl (C=O) groups is 2. The smallest absolute Gasteiger partial charge is 0.264 e. The molecule has 0 unspecified atom stereocenters. The van der Waals surface area contributed by atoms with Crippen LogP contribution in [0.15, 0.2) is 6.07 Å². The Labute approximate surface area is 185 Å². The maximum Gasteiger partial charge on any atom is 0.264 e. The lowest BCUT2D eigenvalue weighted by atomic mass is 9.87. The van der Waals surface area contributed by atoms with E-state index in [1.165, 1.54) is 40.9 Å². The zero-order valence-corrected chi connectivity index (χ0v) is 19.2. The van der Waals surface area contributed by atoms with Crippen LogP contribution in [0.2, 0.25) is 5.02 Å². The van der Waals surface area contributed by atoms with Gasteiger partial charge in [0, 0.05) is 19.7 Å². The highest BCUT2D eigenvalue weighted by atomic mass is 35.5. The van der Waals surface area contributed by atoms with Crippen molar-refractivity contribution in [1.29, 1.82) is 0 Å². The Bertz CT molecular complexity index is 1030. The fraction of sp³-hybridized carbons (Fsp3) is 0.556. The molecule has 5 aliphatic heterocycles. The monoisotopic (exact) mass is 473 g/mol. The highest BCUT2D eigenvalue weighted by Gasteiger charge is 2.82. The molecular formula is C18H20ClN3O6S2. The normalized spacial score (nSPS) is 38.7. The minimum absolute atomic E-state index is 0.179. The molecule has 0 aliphatic carbocycles. The molecule has 9 nitrogen and oxygen atoms in total. The number of methoxy groups -OCH3 is 2. The molecule has 2 amide bonds. The van der Waals surface area contributed by atoms with Gasteiger partial charge in [0.25, 0.3) is 11.8 Å². The van der Waals surface area contributed by atoms with E-state index in [2.05, 4.69) is 0 Å². The van der Waals surface area contributed by atoms with Gasteiger partial charge in [0.1, 0.15) is 12.3 Å². The second-order valence-corrected chi connectivity index (χ2v) is 11.1. The Morgan fingerprint density at radius 1 is 1.13 bits per heavy atom. The van der Waals surface area contributed by atoms with Crippen molar-refractivity contribution in [2.45, 2.75) is 34.5 Å². The third kappa shape index (κ3) is 1.81. The third-order valence-electron chi connectivity index (χ3n) is 6.70. The first-order chi connectivity index (χ1) is 14.0. The molecule has 4 saturated heterocycles. The van der Waals surface area contributed by atoms with Crippen molar-refractivity contribution in [3.8, 4) is 11.5 Å². The van der Waals surface area contributed by atoms with E-state index in [-0.39, 0.29) is 28.0 Å². The van der Waals surface area contributed by atoms with Crippen LogP contribution in [-0.4, -0.2) is 82.2 Å². The summed E-state index contributed by atoms with van der Waals surface area (Å²) in [6.07, 6.45) is -2.63. The fourth-order valence-corrected chi connectivity index (χ4v) is 8.91. The zero-order chi connectivity index (χ0) is 22.0. The molecule has 0 saturated carbocycles. The van der Waals surface area contributed by atoms with Crippen molar-refractivity contribution in [3.63, 3.8) is 0 Å². The highest BCUT2D eigenvalue weighted by Crippen LogP contribution is 2.69. The van der Waals surface area contributed by atoms with Crippen LogP contribution in [0.5, 0.6) is 11.5 Å². The summed E-state index contributed by atoms with van der Waals surface area (Å²) >= 11 is 6.39. The van der Waals surface area contributed by atoms with Gasteiger partial charge in [-0.2, -0.15) is 0 Å². The summed E-state index contributed by atoms with van der Waals surface area (Å²) in [6.45, 7) is 1.67. The molecule has 0 radical (unpaired) electrons. The molecule has 1 aromatic carbocycles. The van der Waals surface area contributed by atoms with Crippen molar-refractivity contribution in [1.82, 2.24) is 9.80 Å². The van der Waals surface area contributed by atoms with Gasteiger partial charge in [-0.1, -0.05) is 22.4 Å². The predicted molar refractivity (Wildman–Crippen MR) is 113 cm³/mol. The number of fused-ring (bicyclic) bond motifs is 5. The number of nitrogens with zero attached hydrogens (tertiary/aromatic N) is 3. The van der Waals surface area contributed by atoms with Gasteiger partial charge in [-0.3, -0.25) is 14.5 Å². The van der Waals surface area contributed by atoms with E-state index in [0.29, 0.717) is 5.69 Å². The minimum Gasteiger partial charge on any atom is -0.491 e. The number of halogens is 1. The topological polar surface area (TPSA) is 103 Å². The molecule has 5 heterocycles. The molecule has 5 atom stereocenters. The summed E-state index contributed by atoms with van der Waals surface area (Å²) < 4.78 is 10.9. The van der Waals surface area contributed by atoms with Crippen LogP contribution < -0.4 is 14.4 Å². The molecule has 2 N–H and O–H groups in total. The summed E-state index contributed by atoms with van der Waals surface area (Å²) in [6, 6.07) is 1.50. The molecule has 0 aromatic heterocycles. The molecular weight excluding hydrogens is 454 g/mol. The van der Waals surface area contributed by atoms with Gasteiger partial charge < -0.3 is 29.5 Å². The van der Waals surface area contributed by atoms with Crippen molar-refractivity contribution in [2.24, 2.45) is 0 Å². The van der Waals surface area contributed by atoms with Gasteiger partial charge in [0.15, 0.2) is 22.0 Å². The molecule has 2 bridgehead atoms. The molecule has 12 heteroatoms. The van der Waals surface area contributed by atoms with Crippen LogP contribution in [0.25, 0.3) is 0 Å². The summed E-state index contributed by atoms with van der Waals surface area (Å²) in [5.41, 5.74) is -1.25. The van der Waals surface area contributed by atoms with E-state index in [0.717, 1.165) is 10.8 Å². The van der Waals surface area contributed by atoms with Crippen LogP contribution in [-0.2, 0) is 15.2 Å². The first kappa shape index (κ1) is 20.4. The lowest BCUT2D eigenvalue weighted by Gasteiger charge is -2.58. The average molecular weight is 474 g/mol. The Balaban J connectivity index is 1.81. The standard InChI is InChI=1S/C18H20ClN3O6S2/c1-16-14(24)22-13-17(26,12(23)18(22,30-29-16)15(25)21(16)3)7-6-8(19)10(27-4)11(28-5)9(7)20(13)2/h6,12-13,23,26H,1-5H3/t12-,13-,16+,17-,18-/m1/s1. The van der Waals surface area contributed by atoms with E-state index >= 15 is 0 Å². The number of likely N-dealkylation sites (N-methyl/N-ethyl adjacent to an activating group) is 2. The molecule has 4 fully saturated rings. The van der Waals surface area contributed by atoms with Crippen LogP contribution in [0.4, 0.5) is 5.69 Å². The number of benzene rings is 1. The number of amides is 2. The van der Waals surface area contributed by atoms with E-state index in [4.69, 9.17) is 21.1 Å². The number of rotatable bonds is 2. The quantitative estimate of drug-likeness (QED) is 0.604. The fourth-order valence-electron chi connectivity index (χ4n) is 5.10. The number of ether oxygens (including phenoxy) is 2. The maximum atomic E-state index is 13.6. The first-order valence-corrected chi connectivity index (χ1v) is 11.6. The van der Waals surface area contributed by atoms with Crippen molar-refractivity contribution in [3.05, 3.63) is 16.7 Å². The second kappa shape index (κ2) is 5.83. The Kier molecular flexibility index (Phi) is 3.96. The zero-order valence-electron chi connectivity index (χ0n) is 16.8. The number of hydrogen-bond acceptors (Lipinski definition) is 9. The van der Waals surface area contributed by atoms with Gasteiger partial charge in [-0.15, -0.1) is 0 Å². The van der Waals surface area contributed by atoms with Crippen molar-refractivity contribution >= 4 is 50.7 Å². The van der Waals surface area contributed by atoms with Crippen LogP contribution >= 0.6 is 33.2 Å². The Morgan fingerprint density at radius 3 is 2.37 bits per heavy atom. The summed E-state index contributed by atoms with van der Waals surface area (Å²) in [5.74, 6) is -0.232. The van der Waals surface area contributed by atoms with E-state index in [9.17, 15) is 19.8 Å². The SMILES string of the molecule is COc1c(Cl)cc2c(c1OC)N(C)[C@@H]1N3C(=O)[C@]4(C)SS[C@@]3(C(=O)N4C)[C@H](O)[C@]21O. The third-order valence-corrected chi connectivity index (χ3v) is 10.7. The Morgan fingerprint density at radius 2 is 1.77 bits per heavy atom. The van der Waals surface area contributed by atoms with Gasteiger partial charge in [0.2, 0.25) is 4.87 Å². The summed E-state index contributed by atoms with van der Waals surface area (Å²) in [4.78, 5) is 28.5. The number of carbonyl (C=O) groups excluding carboxylic acids is 2. The van der Waals surface area contributed by atoms with Gasteiger partial charge in [-0.25, -0.2) is 0 Å². The molecule has 5 aliphatic rings. The van der Waals surface area contributed by atoms with E-state index in [1.807, 2.05) is 0 Å². The Hall–Kier alpha value is -1.53. The van der Waals surface area contributed by atoms with E-state index in [1.54, 1.807) is 25.9 Å². The molecule has 1 spiro atoms. The van der Waals surface area contributed by atoms with Gasteiger partial charge in [-0.05, 0) is 23.8 Å². The summed E-state index contributed by atoms with van der Waals surface area (Å²) in [7, 11) is 8.43. The number of piperazine rings is 1. The second-order valence-electron chi connectivity index (χ2n) is 7.92. The van der Waals surface area contributed by atoms with Gasteiger partial charge in [0.05, 0.1) is 24.9 Å². The molecule has 6 rings (SSSR count). The van der Waals surface area contributed by atoms with Crippen LogP contribution in [0.1, 0.15) is 12.5 Å². The maximum absolute atomic E-state index is 13.6.